The van der Waals surface area contributed by atoms with Gasteiger partial charge in [-0.15, -0.1) is 5.10 Å². The number of amides is 1. The van der Waals surface area contributed by atoms with Gasteiger partial charge in [-0.2, -0.15) is 5.01 Å². The van der Waals surface area contributed by atoms with E-state index in [2.05, 4.69) is 5.10 Å². The van der Waals surface area contributed by atoms with Crippen LogP contribution in [0, 0.1) is 11.6 Å². The van der Waals surface area contributed by atoms with Crippen LogP contribution in [-0.4, -0.2) is 36.1 Å². The Balaban J connectivity index is 1.82. The molecule has 0 bridgehead atoms. The molecule has 2 atom stereocenters. The third kappa shape index (κ3) is 3.68. The van der Waals surface area contributed by atoms with Crippen LogP contribution in [0.4, 0.5) is 8.78 Å². The standard InChI is InChI=1S/C22H23F2N3O3/c23-16-9-10-18(24)17(14-16)20-26-27(21(28)19-8-4-13-29-19)22(30-20,11-5-12-25)15-6-2-1-3-7-15/h1-3,6-7,9-10,14,19H,4-5,8,11-13,25H2. The lowest BCUT2D eigenvalue weighted by Gasteiger charge is -2.36. The molecule has 1 fully saturated rings. The molecule has 30 heavy (non-hydrogen) atoms. The molecular formula is C22H23F2N3O3. The summed E-state index contributed by atoms with van der Waals surface area (Å²) in [4.78, 5) is 13.3. The third-order valence-electron chi connectivity index (χ3n) is 5.32. The molecule has 8 heteroatoms. The number of halogens is 2. The van der Waals surface area contributed by atoms with E-state index in [1.165, 1.54) is 5.01 Å². The van der Waals surface area contributed by atoms with Crippen molar-refractivity contribution < 1.29 is 23.0 Å². The normalized spacial score (nSPS) is 23.4. The van der Waals surface area contributed by atoms with Gasteiger partial charge in [-0.25, -0.2) is 8.78 Å². The van der Waals surface area contributed by atoms with Gasteiger partial charge >= 0.3 is 0 Å². The number of ether oxygens (including phenoxy) is 2. The van der Waals surface area contributed by atoms with Gasteiger partial charge in [0.05, 0.1) is 5.56 Å². The summed E-state index contributed by atoms with van der Waals surface area (Å²) in [5, 5.41) is 5.57. The van der Waals surface area contributed by atoms with Crippen molar-refractivity contribution in [3.63, 3.8) is 0 Å². The van der Waals surface area contributed by atoms with Crippen molar-refractivity contribution in [1.82, 2.24) is 5.01 Å². The second-order valence-electron chi connectivity index (χ2n) is 7.33. The lowest BCUT2D eigenvalue weighted by atomic mass is 9.95. The summed E-state index contributed by atoms with van der Waals surface area (Å²) in [5.41, 5.74) is 4.94. The first-order valence-electron chi connectivity index (χ1n) is 9.99. The van der Waals surface area contributed by atoms with Gasteiger partial charge < -0.3 is 15.2 Å². The minimum absolute atomic E-state index is 0.148. The zero-order chi connectivity index (χ0) is 21.1. The molecule has 2 aliphatic rings. The molecule has 2 aromatic rings. The highest BCUT2D eigenvalue weighted by Crippen LogP contribution is 2.42. The van der Waals surface area contributed by atoms with E-state index in [9.17, 15) is 13.6 Å². The lowest BCUT2D eigenvalue weighted by Crippen LogP contribution is -2.48. The molecule has 2 aliphatic heterocycles. The number of benzene rings is 2. The largest absolute Gasteiger partial charge is 0.443 e. The van der Waals surface area contributed by atoms with Crippen LogP contribution in [0.3, 0.4) is 0 Å². The SMILES string of the molecule is NCCCC1(c2ccccc2)OC(c2cc(F)ccc2F)=NN1C(=O)C1CCCO1. The summed E-state index contributed by atoms with van der Waals surface area (Å²) in [5.74, 6) is -1.85. The molecule has 1 amide bonds. The zero-order valence-corrected chi connectivity index (χ0v) is 16.4. The Labute approximate surface area is 173 Å². The van der Waals surface area contributed by atoms with Gasteiger partial charge in [-0.3, -0.25) is 4.79 Å². The molecule has 158 valence electrons. The van der Waals surface area contributed by atoms with Crippen LogP contribution >= 0.6 is 0 Å². The van der Waals surface area contributed by atoms with Crippen LogP contribution in [0.1, 0.15) is 36.8 Å². The van der Waals surface area contributed by atoms with Gasteiger partial charge in [-0.05, 0) is 44.0 Å². The van der Waals surface area contributed by atoms with Crippen molar-refractivity contribution >= 4 is 11.8 Å². The number of nitrogens with two attached hydrogens (primary N) is 1. The van der Waals surface area contributed by atoms with Crippen molar-refractivity contribution in [3.8, 4) is 0 Å². The maximum Gasteiger partial charge on any atom is 0.275 e. The Morgan fingerprint density at radius 2 is 2.03 bits per heavy atom. The molecule has 0 saturated carbocycles. The van der Waals surface area contributed by atoms with Gasteiger partial charge in [0.25, 0.3) is 5.91 Å². The maximum absolute atomic E-state index is 14.5. The predicted octanol–water partition coefficient (Wildman–Crippen LogP) is 3.26. The highest BCUT2D eigenvalue weighted by atomic mass is 19.1. The highest BCUT2D eigenvalue weighted by molar-refractivity contribution is 5.97. The Kier molecular flexibility index (Phi) is 5.78. The molecular weight excluding hydrogens is 392 g/mol. The second-order valence-corrected chi connectivity index (χ2v) is 7.33. The summed E-state index contributed by atoms with van der Waals surface area (Å²) in [6.45, 7) is 0.852. The number of nitrogens with zero attached hydrogens (tertiary/aromatic N) is 2. The summed E-state index contributed by atoms with van der Waals surface area (Å²) < 4.78 is 40.1. The van der Waals surface area contributed by atoms with Gasteiger partial charge in [-0.1, -0.05) is 30.3 Å². The number of rotatable bonds is 6. The van der Waals surface area contributed by atoms with E-state index in [0.717, 1.165) is 24.6 Å². The van der Waals surface area contributed by atoms with Gasteiger partial charge in [0.2, 0.25) is 11.6 Å². The highest BCUT2D eigenvalue weighted by Gasteiger charge is 2.51. The van der Waals surface area contributed by atoms with Crippen molar-refractivity contribution in [2.24, 2.45) is 10.8 Å². The lowest BCUT2D eigenvalue weighted by molar-refractivity contribution is -0.162. The molecule has 2 heterocycles. The van der Waals surface area contributed by atoms with Crippen molar-refractivity contribution in [2.75, 3.05) is 13.2 Å². The summed E-state index contributed by atoms with van der Waals surface area (Å²) in [6, 6.07) is 12.1. The zero-order valence-electron chi connectivity index (χ0n) is 16.4. The molecule has 2 aromatic carbocycles. The van der Waals surface area contributed by atoms with Crippen LogP contribution < -0.4 is 5.73 Å². The van der Waals surface area contributed by atoms with Gasteiger partial charge in [0, 0.05) is 18.6 Å². The topological polar surface area (TPSA) is 77.2 Å². The van der Waals surface area contributed by atoms with Crippen molar-refractivity contribution in [3.05, 3.63) is 71.3 Å². The quantitative estimate of drug-likeness (QED) is 0.786. The van der Waals surface area contributed by atoms with E-state index in [0.29, 0.717) is 38.0 Å². The fourth-order valence-corrected chi connectivity index (χ4v) is 3.82. The number of hydrogen-bond acceptors (Lipinski definition) is 5. The Hall–Kier alpha value is -2.84. The average Bonchev–Trinajstić information content (AvgIpc) is 3.43. The predicted molar refractivity (Wildman–Crippen MR) is 106 cm³/mol. The molecule has 0 aliphatic carbocycles. The summed E-state index contributed by atoms with van der Waals surface area (Å²) in [7, 11) is 0. The van der Waals surface area contributed by atoms with E-state index in [4.69, 9.17) is 15.2 Å². The van der Waals surface area contributed by atoms with Crippen LogP contribution in [0.25, 0.3) is 0 Å². The second kappa shape index (κ2) is 8.49. The van der Waals surface area contributed by atoms with Crippen molar-refractivity contribution in [1.29, 1.82) is 0 Å². The molecule has 0 aromatic heterocycles. The van der Waals surface area contributed by atoms with Gasteiger partial charge in [0.15, 0.2) is 0 Å². The molecule has 0 radical (unpaired) electrons. The molecule has 2 N–H and O–H groups in total. The maximum atomic E-state index is 14.5. The van der Waals surface area contributed by atoms with E-state index < -0.39 is 23.5 Å². The van der Waals surface area contributed by atoms with Crippen LogP contribution in [0.2, 0.25) is 0 Å². The smallest absolute Gasteiger partial charge is 0.275 e. The van der Waals surface area contributed by atoms with E-state index >= 15 is 0 Å². The first kappa shape index (κ1) is 20.4. The van der Waals surface area contributed by atoms with E-state index in [-0.39, 0.29) is 17.4 Å². The van der Waals surface area contributed by atoms with E-state index in [1.54, 1.807) is 0 Å². The first-order valence-corrected chi connectivity index (χ1v) is 9.99. The van der Waals surface area contributed by atoms with Crippen LogP contribution in [-0.2, 0) is 20.0 Å². The first-order chi connectivity index (χ1) is 14.5. The van der Waals surface area contributed by atoms with Crippen molar-refractivity contribution in [2.45, 2.75) is 37.5 Å². The average molecular weight is 415 g/mol. The fourth-order valence-electron chi connectivity index (χ4n) is 3.82. The molecule has 0 spiro atoms. The summed E-state index contributed by atoms with van der Waals surface area (Å²) >= 11 is 0. The Morgan fingerprint density at radius 3 is 2.73 bits per heavy atom. The Morgan fingerprint density at radius 1 is 1.23 bits per heavy atom. The minimum atomic E-state index is -1.32. The monoisotopic (exact) mass is 415 g/mol. The van der Waals surface area contributed by atoms with Crippen LogP contribution in [0.5, 0.6) is 0 Å². The minimum Gasteiger partial charge on any atom is -0.443 e. The Bertz CT molecular complexity index is 948. The number of carbonyl (C=O) groups excluding carboxylic acids is 1. The molecule has 1 saturated heterocycles. The summed E-state index contributed by atoms with van der Waals surface area (Å²) in [6.07, 6.45) is 1.53. The number of hydrogen-bond donors (Lipinski definition) is 1. The molecule has 4 rings (SSSR count). The van der Waals surface area contributed by atoms with Crippen LogP contribution in [0.15, 0.2) is 53.6 Å². The number of carbonyl (C=O) groups is 1. The molecule has 2 unspecified atom stereocenters. The fraction of sp³-hybridized carbons (Fsp3) is 0.364. The number of hydrazone groups is 1. The van der Waals surface area contributed by atoms with E-state index in [1.807, 2.05) is 30.3 Å². The van der Waals surface area contributed by atoms with Gasteiger partial charge in [0.1, 0.15) is 17.7 Å². The third-order valence-corrected chi connectivity index (χ3v) is 5.32. The molecule has 6 nitrogen and oxygen atoms in total.